The van der Waals surface area contributed by atoms with Crippen LogP contribution >= 0.6 is 11.3 Å². The van der Waals surface area contributed by atoms with Gasteiger partial charge in [0, 0.05) is 30.2 Å². The minimum Gasteiger partial charge on any atom is -0.337 e. The number of thiophene rings is 1. The molecule has 6 heteroatoms. The first-order chi connectivity index (χ1) is 9.33. The molecule has 0 bridgehead atoms. The van der Waals surface area contributed by atoms with Crippen LogP contribution in [0.25, 0.3) is 6.08 Å². The number of rotatable bonds is 3. The first-order valence-corrected chi connectivity index (χ1v) is 7.07. The molecule has 0 unspecified atom stereocenters. The first-order valence-electron chi connectivity index (χ1n) is 6.19. The summed E-state index contributed by atoms with van der Waals surface area (Å²) in [6.07, 6.45) is 7.97. The van der Waals surface area contributed by atoms with Gasteiger partial charge in [0.2, 0.25) is 5.91 Å². The van der Waals surface area contributed by atoms with Crippen LogP contribution < -0.4 is 0 Å². The predicted molar refractivity (Wildman–Crippen MR) is 73.6 cm³/mol. The third-order valence-electron chi connectivity index (χ3n) is 3.22. The van der Waals surface area contributed by atoms with Gasteiger partial charge in [-0.25, -0.2) is 4.68 Å². The molecule has 98 valence electrons. The summed E-state index contributed by atoms with van der Waals surface area (Å²) in [5, 5.41) is 9.80. The second-order valence-corrected chi connectivity index (χ2v) is 5.44. The van der Waals surface area contributed by atoms with Gasteiger partial charge >= 0.3 is 0 Å². The quantitative estimate of drug-likeness (QED) is 0.802. The van der Waals surface area contributed by atoms with Crippen molar-refractivity contribution >= 4 is 23.3 Å². The Hall–Kier alpha value is -1.95. The minimum absolute atomic E-state index is 0.0658. The van der Waals surface area contributed by atoms with Crippen LogP contribution in [0.1, 0.15) is 17.3 Å². The lowest BCUT2D eigenvalue weighted by molar-refractivity contribution is -0.125. The molecule has 3 rings (SSSR count). The molecule has 1 amide bonds. The van der Waals surface area contributed by atoms with Gasteiger partial charge in [-0.2, -0.15) is 0 Å². The molecule has 1 saturated heterocycles. The number of amides is 1. The molecule has 0 radical (unpaired) electrons. The Bertz CT molecular complexity index is 561. The van der Waals surface area contributed by atoms with E-state index in [0.29, 0.717) is 6.54 Å². The topological polar surface area (TPSA) is 51.0 Å². The van der Waals surface area contributed by atoms with Crippen LogP contribution in [0.3, 0.4) is 0 Å². The summed E-state index contributed by atoms with van der Waals surface area (Å²) in [6, 6.07) is 4.23. The molecule has 1 aliphatic heterocycles. The Balaban J connectivity index is 1.60. The summed E-state index contributed by atoms with van der Waals surface area (Å²) in [6.45, 7) is 1.48. The summed E-state index contributed by atoms with van der Waals surface area (Å²) in [7, 11) is 0. The Kier molecular flexibility index (Phi) is 3.41. The Morgan fingerprint density at radius 3 is 3.21 bits per heavy atom. The second kappa shape index (κ2) is 5.36. The monoisotopic (exact) mass is 274 g/mol. The van der Waals surface area contributed by atoms with Crippen molar-refractivity contribution in [3.63, 3.8) is 0 Å². The SMILES string of the molecule is O=C(/C=C/c1cccs1)N1CC[C@@H](n2ccnn2)C1. The van der Waals surface area contributed by atoms with Crippen LogP contribution in [0.2, 0.25) is 0 Å². The Morgan fingerprint density at radius 2 is 2.47 bits per heavy atom. The molecule has 2 aromatic rings. The van der Waals surface area contributed by atoms with Gasteiger partial charge in [-0.05, 0) is 23.9 Å². The van der Waals surface area contributed by atoms with Gasteiger partial charge in [0.15, 0.2) is 0 Å². The average Bonchev–Trinajstić information content (AvgIpc) is 3.14. The van der Waals surface area contributed by atoms with Crippen molar-refractivity contribution in [1.82, 2.24) is 19.9 Å². The van der Waals surface area contributed by atoms with Gasteiger partial charge < -0.3 is 4.90 Å². The molecule has 0 aromatic carbocycles. The van der Waals surface area contributed by atoms with Crippen LogP contribution in [-0.4, -0.2) is 38.9 Å². The standard InChI is InChI=1S/C13H14N4OS/c18-13(4-3-12-2-1-9-19-12)16-7-5-11(10-16)17-8-6-14-15-17/h1-4,6,8-9,11H,5,7,10H2/b4-3+/t11-/m1/s1. The third-order valence-corrected chi connectivity index (χ3v) is 4.06. The number of aromatic nitrogens is 3. The molecule has 19 heavy (non-hydrogen) atoms. The molecule has 2 aromatic heterocycles. The van der Waals surface area contributed by atoms with Crippen LogP contribution in [0.4, 0.5) is 0 Å². The highest BCUT2D eigenvalue weighted by Crippen LogP contribution is 2.20. The lowest BCUT2D eigenvalue weighted by Crippen LogP contribution is -2.27. The average molecular weight is 274 g/mol. The Morgan fingerprint density at radius 1 is 1.53 bits per heavy atom. The van der Waals surface area contributed by atoms with E-state index in [-0.39, 0.29) is 11.9 Å². The van der Waals surface area contributed by atoms with Gasteiger partial charge in [0.05, 0.1) is 12.2 Å². The summed E-state index contributed by atoms with van der Waals surface area (Å²) in [5.41, 5.74) is 0. The van der Waals surface area contributed by atoms with Gasteiger partial charge in [0.25, 0.3) is 0 Å². The van der Waals surface area contributed by atoms with E-state index in [4.69, 9.17) is 0 Å². The summed E-state index contributed by atoms with van der Waals surface area (Å²) in [4.78, 5) is 15.0. The fraction of sp³-hybridized carbons (Fsp3) is 0.308. The molecule has 1 aliphatic rings. The highest BCUT2D eigenvalue weighted by atomic mass is 32.1. The van der Waals surface area contributed by atoms with E-state index in [9.17, 15) is 4.79 Å². The van der Waals surface area contributed by atoms with Crippen molar-refractivity contribution in [3.8, 4) is 0 Å². The van der Waals surface area contributed by atoms with Gasteiger partial charge in [0.1, 0.15) is 0 Å². The van der Waals surface area contributed by atoms with Crippen molar-refractivity contribution in [3.05, 3.63) is 40.9 Å². The highest BCUT2D eigenvalue weighted by molar-refractivity contribution is 7.10. The number of hydrogen-bond donors (Lipinski definition) is 0. The van der Waals surface area contributed by atoms with Crippen molar-refractivity contribution in [1.29, 1.82) is 0 Å². The molecular formula is C13H14N4OS. The van der Waals surface area contributed by atoms with Gasteiger partial charge in [-0.3, -0.25) is 4.79 Å². The fourth-order valence-electron chi connectivity index (χ4n) is 2.21. The number of nitrogens with zero attached hydrogens (tertiary/aromatic N) is 4. The molecule has 5 nitrogen and oxygen atoms in total. The maximum atomic E-state index is 12.1. The van der Waals surface area contributed by atoms with E-state index in [1.807, 2.05) is 39.4 Å². The zero-order valence-electron chi connectivity index (χ0n) is 10.3. The lowest BCUT2D eigenvalue weighted by Gasteiger charge is -2.14. The minimum atomic E-state index is 0.0658. The highest BCUT2D eigenvalue weighted by Gasteiger charge is 2.26. The maximum absolute atomic E-state index is 12.1. The first kappa shape index (κ1) is 12.1. The van der Waals surface area contributed by atoms with E-state index in [2.05, 4.69) is 10.3 Å². The maximum Gasteiger partial charge on any atom is 0.246 e. The number of carbonyl (C=O) groups excluding carboxylic acids is 1. The number of hydrogen-bond acceptors (Lipinski definition) is 4. The van der Waals surface area contributed by atoms with Crippen molar-refractivity contribution < 1.29 is 4.79 Å². The molecular weight excluding hydrogens is 260 g/mol. The van der Waals surface area contributed by atoms with Gasteiger partial charge in [-0.1, -0.05) is 11.3 Å². The summed E-state index contributed by atoms with van der Waals surface area (Å²) in [5.74, 6) is 0.0658. The molecule has 0 aliphatic carbocycles. The number of likely N-dealkylation sites (tertiary alicyclic amines) is 1. The van der Waals surface area contributed by atoms with Crippen molar-refractivity contribution in [2.45, 2.75) is 12.5 Å². The molecule has 3 heterocycles. The zero-order chi connectivity index (χ0) is 13.1. The van der Waals surface area contributed by atoms with E-state index >= 15 is 0 Å². The second-order valence-electron chi connectivity index (χ2n) is 4.46. The molecule has 0 N–H and O–H groups in total. The third kappa shape index (κ3) is 2.73. The van der Waals surface area contributed by atoms with E-state index in [1.165, 1.54) is 0 Å². The molecule has 1 atom stereocenters. The van der Waals surface area contributed by atoms with Crippen molar-refractivity contribution in [2.75, 3.05) is 13.1 Å². The molecule has 0 saturated carbocycles. The fourth-order valence-corrected chi connectivity index (χ4v) is 2.83. The summed E-state index contributed by atoms with van der Waals surface area (Å²) >= 11 is 1.63. The van der Waals surface area contributed by atoms with Crippen LogP contribution in [0, 0.1) is 0 Å². The van der Waals surface area contributed by atoms with E-state index in [1.54, 1.807) is 23.6 Å². The predicted octanol–water partition coefficient (Wildman–Crippen LogP) is 1.83. The molecule has 0 spiro atoms. The van der Waals surface area contributed by atoms with E-state index in [0.717, 1.165) is 17.8 Å². The largest absolute Gasteiger partial charge is 0.337 e. The normalized spacial score (nSPS) is 19.4. The van der Waals surface area contributed by atoms with Gasteiger partial charge in [-0.15, -0.1) is 16.4 Å². The zero-order valence-corrected chi connectivity index (χ0v) is 11.2. The van der Waals surface area contributed by atoms with Crippen molar-refractivity contribution in [2.24, 2.45) is 0 Å². The van der Waals surface area contributed by atoms with Crippen LogP contribution in [0.15, 0.2) is 36.0 Å². The van der Waals surface area contributed by atoms with Crippen LogP contribution in [-0.2, 0) is 4.79 Å². The molecule has 1 fully saturated rings. The Labute approximate surface area is 115 Å². The van der Waals surface area contributed by atoms with Crippen LogP contribution in [0.5, 0.6) is 0 Å². The summed E-state index contributed by atoms with van der Waals surface area (Å²) < 4.78 is 1.83. The smallest absolute Gasteiger partial charge is 0.246 e. The lowest BCUT2D eigenvalue weighted by atomic mass is 10.3. The van der Waals surface area contributed by atoms with E-state index < -0.39 is 0 Å². The number of carbonyl (C=O) groups is 1.